The van der Waals surface area contributed by atoms with Crippen LogP contribution in [0.15, 0.2) is 0 Å². The van der Waals surface area contributed by atoms with E-state index in [-0.39, 0.29) is 19.3 Å². The molecule has 16 heavy (non-hydrogen) atoms. The molecule has 1 rings (SSSR count). The molecule has 2 N–H and O–H groups in total. The fourth-order valence-corrected chi connectivity index (χ4v) is 2.30. The Bertz CT molecular complexity index is 186. The quantitative estimate of drug-likeness (QED) is 0.682. The zero-order chi connectivity index (χ0) is 12.0. The molecule has 4 nitrogen and oxygen atoms in total. The smallest absolute Gasteiger partial charge is 0.0609 e. The molecule has 1 aliphatic rings. The molecule has 0 aromatic heterocycles. The number of aliphatic hydroxyl groups excluding tert-OH is 2. The Morgan fingerprint density at radius 1 is 1.31 bits per heavy atom. The van der Waals surface area contributed by atoms with E-state index in [1.54, 1.807) is 0 Å². The van der Waals surface area contributed by atoms with Gasteiger partial charge in [-0.15, -0.1) is 0 Å². The van der Waals surface area contributed by atoms with Gasteiger partial charge in [-0.05, 0) is 33.4 Å². The van der Waals surface area contributed by atoms with E-state index in [4.69, 9.17) is 10.2 Å². The number of aliphatic hydroxyl groups is 2. The Kier molecular flexibility index (Phi) is 6.28. The van der Waals surface area contributed by atoms with Gasteiger partial charge < -0.3 is 10.2 Å². The first-order valence-electron chi connectivity index (χ1n) is 6.35. The summed E-state index contributed by atoms with van der Waals surface area (Å²) in [6.07, 6.45) is 3.95. The summed E-state index contributed by atoms with van der Waals surface area (Å²) in [6, 6.07) is 0.573. The topological polar surface area (TPSA) is 46.9 Å². The lowest BCUT2D eigenvalue weighted by Gasteiger charge is -2.35. The van der Waals surface area contributed by atoms with Crippen molar-refractivity contribution in [2.24, 2.45) is 0 Å². The number of likely N-dealkylation sites (N-methyl/N-ethyl adjacent to an activating group) is 1. The SMILES string of the molecule is C[C@H]1CCCCN1CCN(C)C(CO)CO. The Morgan fingerprint density at radius 2 is 2.00 bits per heavy atom. The van der Waals surface area contributed by atoms with Crippen LogP contribution in [-0.2, 0) is 0 Å². The van der Waals surface area contributed by atoms with Gasteiger partial charge in [0, 0.05) is 19.1 Å². The molecule has 0 amide bonds. The Hall–Kier alpha value is -0.160. The molecule has 96 valence electrons. The van der Waals surface area contributed by atoms with Crippen molar-refractivity contribution >= 4 is 0 Å². The van der Waals surface area contributed by atoms with E-state index in [0.717, 1.165) is 13.1 Å². The molecule has 0 aromatic carbocycles. The van der Waals surface area contributed by atoms with Crippen molar-refractivity contribution in [1.82, 2.24) is 9.80 Å². The summed E-state index contributed by atoms with van der Waals surface area (Å²) in [5.74, 6) is 0. The molecule has 0 aromatic rings. The fourth-order valence-electron chi connectivity index (χ4n) is 2.30. The van der Waals surface area contributed by atoms with E-state index < -0.39 is 0 Å². The Labute approximate surface area is 98.9 Å². The predicted molar refractivity (Wildman–Crippen MR) is 65.5 cm³/mol. The number of piperidine rings is 1. The number of hydrogen-bond donors (Lipinski definition) is 2. The third-order valence-corrected chi connectivity index (χ3v) is 3.73. The fraction of sp³-hybridized carbons (Fsp3) is 1.00. The van der Waals surface area contributed by atoms with E-state index in [1.807, 2.05) is 11.9 Å². The third kappa shape index (κ3) is 4.01. The lowest BCUT2D eigenvalue weighted by molar-refractivity contribution is 0.0733. The first-order chi connectivity index (χ1) is 7.69. The van der Waals surface area contributed by atoms with E-state index in [1.165, 1.54) is 25.8 Å². The minimum Gasteiger partial charge on any atom is -0.395 e. The molecule has 4 heteroatoms. The van der Waals surface area contributed by atoms with Gasteiger partial charge in [0.1, 0.15) is 0 Å². The van der Waals surface area contributed by atoms with Crippen LogP contribution in [0.2, 0.25) is 0 Å². The van der Waals surface area contributed by atoms with Crippen LogP contribution in [0.5, 0.6) is 0 Å². The van der Waals surface area contributed by atoms with Crippen molar-refractivity contribution in [3.8, 4) is 0 Å². The van der Waals surface area contributed by atoms with Crippen LogP contribution in [0, 0.1) is 0 Å². The van der Waals surface area contributed by atoms with Gasteiger partial charge in [-0.1, -0.05) is 6.42 Å². The first kappa shape index (κ1) is 13.9. The summed E-state index contributed by atoms with van der Waals surface area (Å²) in [7, 11) is 1.96. The molecule has 1 aliphatic heterocycles. The lowest BCUT2D eigenvalue weighted by atomic mass is 10.0. The molecule has 1 atom stereocenters. The summed E-state index contributed by atoms with van der Waals surface area (Å²) in [6.45, 7) is 5.49. The summed E-state index contributed by atoms with van der Waals surface area (Å²) >= 11 is 0. The van der Waals surface area contributed by atoms with E-state index in [2.05, 4.69) is 11.8 Å². The highest BCUT2D eigenvalue weighted by Crippen LogP contribution is 2.15. The van der Waals surface area contributed by atoms with Crippen LogP contribution in [0.25, 0.3) is 0 Å². The Balaban J connectivity index is 2.26. The number of nitrogens with zero attached hydrogens (tertiary/aromatic N) is 2. The molecule has 0 aliphatic carbocycles. The van der Waals surface area contributed by atoms with Gasteiger partial charge in [-0.3, -0.25) is 9.80 Å². The number of likely N-dealkylation sites (tertiary alicyclic amines) is 1. The average Bonchev–Trinajstić information content (AvgIpc) is 2.29. The van der Waals surface area contributed by atoms with Crippen molar-refractivity contribution in [2.75, 3.05) is 39.9 Å². The normalized spacial score (nSPS) is 23.2. The van der Waals surface area contributed by atoms with Crippen molar-refractivity contribution in [2.45, 2.75) is 38.3 Å². The van der Waals surface area contributed by atoms with Crippen LogP contribution in [0.3, 0.4) is 0 Å². The second-order valence-corrected chi connectivity index (χ2v) is 4.88. The summed E-state index contributed by atoms with van der Waals surface area (Å²) in [4.78, 5) is 4.55. The van der Waals surface area contributed by atoms with Gasteiger partial charge in [-0.2, -0.15) is 0 Å². The highest BCUT2D eigenvalue weighted by Gasteiger charge is 2.19. The second kappa shape index (κ2) is 7.22. The van der Waals surface area contributed by atoms with Gasteiger partial charge in [0.15, 0.2) is 0 Å². The predicted octanol–water partition coefficient (Wildman–Crippen LogP) is 0.146. The van der Waals surface area contributed by atoms with Crippen molar-refractivity contribution < 1.29 is 10.2 Å². The highest BCUT2D eigenvalue weighted by atomic mass is 16.3. The maximum Gasteiger partial charge on any atom is 0.0609 e. The first-order valence-corrected chi connectivity index (χ1v) is 6.35. The molecule has 0 spiro atoms. The van der Waals surface area contributed by atoms with Crippen molar-refractivity contribution in [1.29, 1.82) is 0 Å². The molecule has 1 fully saturated rings. The lowest BCUT2D eigenvalue weighted by Crippen LogP contribution is -2.45. The van der Waals surface area contributed by atoms with Gasteiger partial charge >= 0.3 is 0 Å². The monoisotopic (exact) mass is 230 g/mol. The van der Waals surface area contributed by atoms with Crippen LogP contribution in [-0.4, -0.2) is 72.0 Å². The maximum absolute atomic E-state index is 9.07. The molecule has 0 saturated carbocycles. The van der Waals surface area contributed by atoms with E-state index in [9.17, 15) is 0 Å². The molecule has 1 saturated heterocycles. The minimum atomic E-state index is -0.111. The van der Waals surface area contributed by atoms with Crippen LogP contribution < -0.4 is 0 Å². The van der Waals surface area contributed by atoms with E-state index in [0.29, 0.717) is 6.04 Å². The van der Waals surface area contributed by atoms with Crippen LogP contribution >= 0.6 is 0 Å². The third-order valence-electron chi connectivity index (χ3n) is 3.73. The van der Waals surface area contributed by atoms with Gasteiger partial charge in [0.2, 0.25) is 0 Å². The standard InChI is InChI=1S/C12H26N2O2/c1-11-5-3-4-6-14(11)8-7-13(2)12(9-15)10-16/h11-12,15-16H,3-10H2,1-2H3/t11-/m0/s1. The largest absolute Gasteiger partial charge is 0.395 e. The molecule has 0 unspecified atom stereocenters. The number of rotatable bonds is 6. The Morgan fingerprint density at radius 3 is 2.56 bits per heavy atom. The maximum atomic E-state index is 9.07. The van der Waals surface area contributed by atoms with Gasteiger partial charge in [0.05, 0.1) is 19.3 Å². The molecule has 0 radical (unpaired) electrons. The highest BCUT2D eigenvalue weighted by molar-refractivity contribution is 4.75. The molecular formula is C12H26N2O2. The summed E-state index contributed by atoms with van der Waals surface area (Å²) in [5.41, 5.74) is 0. The molecule has 0 bridgehead atoms. The van der Waals surface area contributed by atoms with Crippen molar-refractivity contribution in [3.63, 3.8) is 0 Å². The van der Waals surface area contributed by atoms with E-state index >= 15 is 0 Å². The van der Waals surface area contributed by atoms with Crippen molar-refractivity contribution in [3.05, 3.63) is 0 Å². The van der Waals surface area contributed by atoms with Crippen LogP contribution in [0.4, 0.5) is 0 Å². The molecule has 1 heterocycles. The second-order valence-electron chi connectivity index (χ2n) is 4.88. The zero-order valence-corrected chi connectivity index (χ0v) is 10.6. The zero-order valence-electron chi connectivity index (χ0n) is 10.6. The minimum absolute atomic E-state index is 0.0303. The van der Waals surface area contributed by atoms with Gasteiger partial charge in [-0.25, -0.2) is 0 Å². The average molecular weight is 230 g/mol. The molecular weight excluding hydrogens is 204 g/mol. The van der Waals surface area contributed by atoms with Crippen LogP contribution in [0.1, 0.15) is 26.2 Å². The van der Waals surface area contributed by atoms with Gasteiger partial charge in [0.25, 0.3) is 0 Å². The summed E-state index contributed by atoms with van der Waals surface area (Å²) in [5, 5.41) is 18.1. The summed E-state index contributed by atoms with van der Waals surface area (Å²) < 4.78 is 0. The number of hydrogen-bond acceptors (Lipinski definition) is 4.